The summed E-state index contributed by atoms with van der Waals surface area (Å²) >= 11 is 0. The second-order valence-corrected chi connectivity index (χ2v) is 5.18. The Kier molecular flexibility index (Phi) is 3.57. The smallest absolute Gasteiger partial charge is 0.231 e. The van der Waals surface area contributed by atoms with Crippen LogP contribution in [-0.2, 0) is 10.2 Å². The largest absolute Gasteiger partial charge is 0.338 e. The first-order valence-corrected chi connectivity index (χ1v) is 5.59. The monoisotopic (exact) mass is 230 g/mol. The summed E-state index contributed by atoms with van der Waals surface area (Å²) in [5.41, 5.74) is -0.551. The minimum Gasteiger partial charge on any atom is -0.338 e. The van der Waals surface area contributed by atoms with Gasteiger partial charge in [-0.3, -0.25) is 4.79 Å². The van der Waals surface area contributed by atoms with Crippen molar-refractivity contribution in [1.82, 2.24) is 5.32 Å². The number of nitrogens with one attached hydrogen (secondary N) is 1. The van der Waals surface area contributed by atoms with Gasteiger partial charge in [0.2, 0.25) is 5.91 Å². The van der Waals surface area contributed by atoms with Gasteiger partial charge in [0.15, 0.2) is 0 Å². The van der Waals surface area contributed by atoms with Crippen LogP contribution >= 0.6 is 0 Å². The van der Waals surface area contributed by atoms with Gasteiger partial charge in [-0.05, 0) is 33.3 Å². The average molecular weight is 230 g/mol. The van der Waals surface area contributed by atoms with Gasteiger partial charge in [-0.25, -0.2) is 0 Å². The molecule has 0 aromatic heterocycles. The number of carbonyl (C=O) groups is 1. The summed E-state index contributed by atoms with van der Waals surface area (Å²) in [4.78, 5) is 12.2. The second-order valence-electron chi connectivity index (χ2n) is 5.18. The Labute approximate surface area is 102 Å². The van der Waals surface area contributed by atoms with Crippen molar-refractivity contribution in [3.63, 3.8) is 0 Å². The van der Waals surface area contributed by atoms with E-state index >= 15 is 0 Å². The van der Waals surface area contributed by atoms with Crippen LogP contribution in [-0.4, -0.2) is 11.4 Å². The Morgan fingerprint density at radius 1 is 1.18 bits per heavy atom. The maximum absolute atomic E-state index is 12.2. The van der Waals surface area contributed by atoms with Crippen LogP contribution in [0.25, 0.3) is 0 Å². The molecule has 0 atom stereocenters. The molecule has 0 aliphatic rings. The average Bonchev–Trinajstić information content (AvgIpc) is 2.29. The van der Waals surface area contributed by atoms with E-state index in [9.17, 15) is 4.79 Å². The molecule has 90 valence electrons. The predicted octanol–water partition coefficient (Wildman–Crippen LogP) is 2.38. The highest BCUT2D eigenvalue weighted by atomic mass is 16.2. The number of nitrogens with zero attached hydrogens (tertiary/aromatic N) is 1. The molecule has 0 fully saturated rings. The third-order valence-corrected chi connectivity index (χ3v) is 2.77. The molecule has 0 bridgehead atoms. The van der Waals surface area contributed by atoms with Crippen molar-refractivity contribution in [2.75, 3.05) is 0 Å². The van der Waals surface area contributed by atoms with Crippen molar-refractivity contribution in [2.45, 2.75) is 38.6 Å². The van der Waals surface area contributed by atoms with Gasteiger partial charge < -0.3 is 5.32 Å². The van der Waals surface area contributed by atoms with Crippen LogP contribution in [0.1, 0.15) is 33.3 Å². The Balaban J connectivity index is 2.93. The normalized spacial score (nSPS) is 11.7. The molecule has 0 unspecified atom stereocenters. The highest BCUT2D eigenvalue weighted by molar-refractivity contribution is 5.88. The van der Waals surface area contributed by atoms with E-state index in [1.165, 1.54) is 0 Å². The van der Waals surface area contributed by atoms with E-state index < -0.39 is 11.0 Å². The van der Waals surface area contributed by atoms with E-state index in [-0.39, 0.29) is 5.91 Å². The summed E-state index contributed by atoms with van der Waals surface area (Å²) in [6, 6.07) is 11.6. The topological polar surface area (TPSA) is 52.9 Å². The van der Waals surface area contributed by atoms with E-state index in [0.717, 1.165) is 5.56 Å². The number of nitriles is 1. The number of carbonyl (C=O) groups excluding carboxylic acids is 1. The molecule has 1 N–H and O–H groups in total. The minimum absolute atomic E-state index is 0.143. The molecule has 3 nitrogen and oxygen atoms in total. The molecule has 0 aliphatic heterocycles. The minimum atomic E-state index is -0.844. The van der Waals surface area contributed by atoms with Gasteiger partial charge in [-0.2, -0.15) is 5.26 Å². The number of benzene rings is 1. The van der Waals surface area contributed by atoms with E-state index in [1.807, 2.05) is 44.2 Å². The summed E-state index contributed by atoms with van der Waals surface area (Å²) in [6.07, 6.45) is 0. The van der Waals surface area contributed by atoms with Crippen LogP contribution in [0.2, 0.25) is 0 Å². The molecule has 0 saturated carbocycles. The zero-order chi connectivity index (χ0) is 13.1. The Bertz CT molecular complexity index is 441. The van der Waals surface area contributed by atoms with Crippen LogP contribution in [0.15, 0.2) is 30.3 Å². The quantitative estimate of drug-likeness (QED) is 0.866. The molecule has 0 aliphatic carbocycles. The fraction of sp³-hybridized carbons (Fsp3) is 0.429. The Morgan fingerprint density at radius 3 is 2.18 bits per heavy atom. The molecular formula is C14H18N2O. The maximum atomic E-state index is 12.2. The summed E-state index contributed by atoms with van der Waals surface area (Å²) in [5, 5.41) is 11.7. The lowest BCUT2D eigenvalue weighted by Crippen LogP contribution is -2.49. The molecule has 0 saturated heterocycles. The van der Waals surface area contributed by atoms with Crippen molar-refractivity contribution >= 4 is 5.91 Å². The van der Waals surface area contributed by atoms with Gasteiger partial charge in [0, 0.05) is 0 Å². The van der Waals surface area contributed by atoms with Crippen LogP contribution in [0.4, 0.5) is 0 Å². The third-order valence-electron chi connectivity index (χ3n) is 2.77. The molecule has 0 spiro atoms. The Morgan fingerprint density at radius 2 is 1.71 bits per heavy atom. The standard InChI is InChI=1S/C14H18N2O/c1-13(2,10-15)16-12(17)14(3,4)11-8-6-5-7-9-11/h5-9H,1-4H3,(H,16,17). The van der Waals surface area contributed by atoms with Gasteiger partial charge in [-0.1, -0.05) is 30.3 Å². The van der Waals surface area contributed by atoms with Gasteiger partial charge >= 0.3 is 0 Å². The van der Waals surface area contributed by atoms with E-state index in [2.05, 4.69) is 11.4 Å². The Hall–Kier alpha value is -1.82. The fourth-order valence-electron chi connectivity index (χ4n) is 1.45. The molecule has 3 heteroatoms. The molecule has 0 radical (unpaired) electrons. The summed E-state index contributed by atoms with van der Waals surface area (Å²) in [7, 11) is 0. The van der Waals surface area contributed by atoms with Crippen molar-refractivity contribution in [1.29, 1.82) is 5.26 Å². The molecule has 0 heterocycles. The lowest BCUT2D eigenvalue weighted by Gasteiger charge is -2.28. The van der Waals surface area contributed by atoms with Gasteiger partial charge in [-0.15, -0.1) is 0 Å². The highest BCUT2D eigenvalue weighted by Gasteiger charge is 2.33. The summed E-state index contributed by atoms with van der Waals surface area (Å²) < 4.78 is 0. The van der Waals surface area contributed by atoms with Crippen LogP contribution in [0.3, 0.4) is 0 Å². The molecule has 1 rings (SSSR count). The van der Waals surface area contributed by atoms with Gasteiger partial charge in [0.1, 0.15) is 5.54 Å². The molecule has 17 heavy (non-hydrogen) atoms. The van der Waals surface area contributed by atoms with Gasteiger partial charge in [0.05, 0.1) is 11.5 Å². The second kappa shape index (κ2) is 4.58. The molecule has 1 aromatic rings. The molecule has 1 amide bonds. The van der Waals surface area contributed by atoms with Crippen LogP contribution < -0.4 is 5.32 Å². The third kappa shape index (κ3) is 3.07. The van der Waals surface area contributed by atoms with Crippen molar-refractivity contribution < 1.29 is 4.79 Å². The lowest BCUT2D eigenvalue weighted by molar-refractivity contribution is -0.126. The highest BCUT2D eigenvalue weighted by Crippen LogP contribution is 2.23. The van der Waals surface area contributed by atoms with E-state index in [1.54, 1.807) is 13.8 Å². The molecule has 1 aromatic carbocycles. The number of amides is 1. The van der Waals surface area contributed by atoms with E-state index in [0.29, 0.717) is 0 Å². The fourth-order valence-corrected chi connectivity index (χ4v) is 1.45. The predicted molar refractivity (Wildman–Crippen MR) is 67.3 cm³/mol. The summed E-state index contributed by atoms with van der Waals surface area (Å²) in [6.45, 7) is 7.08. The molecular weight excluding hydrogens is 212 g/mol. The first-order valence-electron chi connectivity index (χ1n) is 5.59. The zero-order valence-electron chi connectivity index (χ0n) is 10.7. The van der Waals surface area contributed by atoms with Crippen molar-refractivity contribution in [3.05, 3.63) is 35.9 Å². The first kappa shape index (κ1) is 13.2. The van der Waals surface area contributed by atoms with Crippen LogP contribution in [0.5, 0.6) is 0 Å². The van der Waals surface area contributed by atoms with Gasteiger partial charge in [0.25, 0.3) is 0 Å². The van der Waals surface area contributed by atoms with Crippen molar-refractivity contribution in [2.24, 2.45) is 0 Å². The maximum Gasteiger partial charge on any atom is 0.231 e. The van der Waals surface area contributed by atoms with Crippen molar-refractivity contribution in [3.8, 4) is 6.07 Å². The summed E-state index contributed by atoms with van der Waals surface area (Å²) in [5.74, 6) is -0.143. The zero-order valence-corrected chi connectivity index (χ0v) is 10.7. The van der Waals surface area contributed by atoms with Crippen LogP contribution in [0, 0.1) is 11.3 Å². The first-order chi connectivity index (χ1) is 7.79. The lowest BCUT2D eigenvalue weighted by atomic mass is 9.83. The van der Waals surface area contributed by atoms with E-state index in [4.69, 9.17) is 5.26 Å². The number of hydrogen-bond acceptors (Lipinski definition) is 2. The number of hydrogen-bond donors (Lipinski definition) is 1. The number of rotatable bonds is 3. The SMILES string of the molecule is CC(C)(C#N)NC(=O)C(C)(C)c1ccccc1.